The Bertz CT molecular complexity index is 613. The molecule has 142 valence electrons. The number of ether oxygens (including phenoxy) is 1. The molecule has 3 aliphatic rings. The van der Waals surface area contributed by atoms with Crippen molar-refractivity contribution in [3.05, 3.63) is 30.1 Å². The topological polar surface area (TPSA) is 45.7 Å². The Hall–Kier alpha value is -1.11. The van der Waals surface area contributed by atoms with E-state index in [-0.39, 0.29) is 10.7 Å². The van der Waals surface area contributed by atoms with Gasteiger partial charge >= 0.3 is 0 Å². The molecule has 0 N–H and O–H groups in total. The molecule has 0 radical (unpaired) electrons. The average Bonchev–Trinajstić information content (AvgIpc) is 3.10. The van der Waals surface area contributed by atoms with Crippen LogP contribution in [0.2, 0.25) is 0 Å². The van der Waals surface area contributed by atoms with Crippen molar-refractivity contribution in [2.45, 2.75) is 43.6 Å². The normalized spacial score (nSPS) is 26.2. The lowest BCUT2D eigenvalue weighted by Crippen LogP contribution is -2.62. The van der Waals surface area contributed by atoms with E-state index in [1.54, 1.807) is 6.20 Å². The Morgan fingerprint density at radius 3 is 2.88 bits per heavy atom. The van der Waals surface area contributed by atoms with Crippen molar-refractivity contribution in [3.63, 3.8) is 0 Å². The largest absolute Gasteiger partial charge is 0.373 e. The first-order chi connectivity index (χ1) is 12.7. The fourth-order valence-corrected chi connectivity index (χ4v) is 5.94. The molecule has 1 atom stereocenters. The molecule has 26 heavy (non-hydrogen) atoms. The summed E-state index contributed by atoms with van der Waals surface area (Å²) >= 11 is 2.00. The molecule has 4 rings (SSSR count). The number of rotatable bonds is 5. The highest BCUT2D eigenvalue weighted by Gasteiger charge is 2.51. The Balaban J connectivity index is 1.21. The smallest absolute Gasteiger partial charge is 0.225 e. The molecule has 3 fully saturated rings. The maximum Gasteiger partial charge on any atom is 0.225 e. The molecule has 3 saturated heterocycles. The first-order valence-corrected chi connectivity index (χ1v) is 10.8. The second-order valence-electron chi connectivity index (χ2n) is 7.90. The lowest BCUT2D eigenvalue weighted by molar-refractivity contribution is -0.142. The van der Waals surface area contributed by atoms with E-state index in [9.17, 15) is 4.79 Å². The van der Waals surface area contributed by atoms with Crippen LogP contribution in [0.15, 0.2) is 24.5 Å². The average molecular weight is 376 g/mol. The van der Waals surface area contributed by atoms with Crippen LogP contribution in [0, 0.1) is 5.92 Å². The van der Waals surface area contributed by atoms with Gasteiger partial charge in [-0.2, -0.15) is 0 Å². The molecule has 1 amide bonds. The second kappa shape index (κ2) is 7.87. The molecule has 1 aromatic rings. The van der Waals surface area contributed by atoms with Gasteiger partial charge in [0.25, 0.3) is 0 Å². The summed E-state index contributed by atoms with van der Waals surface area (Å²) in [6.45, 7) is 7.91. The second-order valence-corrected chi connectivity index (χ2v) is 9.38. The number of carbonyl (C=O) groups is 1. The number of aromatic nitrogens is 1. The van der Waals surface area contributed by atoms with Crippen LogP contribution in [0.1, 0.15) is 31.7 Å². The highest BCUT2D eigenvalue weighted by molar-refractivity contribution is 8.01. The Morgan fingerprint density at radius 1 is 1.38 bits per heavy atom. The van der Waals surface area contributed by atoms with Gasteiger partial charge in [-0.3, -0.25) is 9.78 Å². The van der Waals surface area contributed by atoms with Crippen LogP contribution < -0.4 is 0 Å². The van der Waals surface area contributed by atoms with E-state index in [0.717, 1.165) is 63.3 Å². The summed E-state index contributed by atoms with van der Waals surface area (Å²) < 4.78 is 6.34. The Kier molecular flexibility index (Phi) is 5.53. The summed E-state index contributed by atoms with van der Waals surface area (Å²) in [7, 11) is 0. The third kappa shape index (κ3) is 3.92. The monoisotopic (exact) mass is 375 g/mol. The van der Waals surface area contributed by atoms with E-state index in [4.69, 9.17) is 4.74 Å². The minimum Gasteiger partial charge on any atom is -0.373 e. The Morgan fingerprint density at radius 2 is 2.19 bits per heavy atom. The molecular weight excluding hydrogens is 346 g/mol. The minimum atomic E-state index is 0.249. The number of piperidine rings is 1. The van der Waals surface area contributed by atoms with Crippen molar-refractivity contribution < 1.29 is 9.53 Å². The van der Waals surface area contributed by atoms with Gasteiger partial charge in [-0.1, -0.05) is 13.0 Å². The van der Waals surface area contributed by atoms with Crippen LogP contribution in [0.3, 0.4) is 0 Å². The fourth-order valence-electron chi connectivity index (χ4n) is 4.39. The zero-order valence-corrected chi connectivity index (χ0v) is 16.4. The van der Waals surface area contributed by atoms with Gasteiger partial charge in [0.2, 0.25) is 5.91 Å². The first-order valence-electron chi connectivity index (χ1n) is 9.83. The quantitative estimate of drug-likeness (QED) is 0.791. The molecule has 1 spiro atoms. The fraction of sp³-hybridized carbons (Fsp3) is 0.700. The van der Waals surface area contributed by atoms with Gasteiger partial charge in [0.05, 0.1) is 17.5 Å². The van der Waals surface area contributed by atoms with E-state index in [0.29, 0.717) is 18.6 Å². The van der Waals surface area contributed by atoms with Gasteiger partial charge < -0.3 is 14.5 Å². The van der Waals surface area contributed by atoms with Crippen molar-refractivity contribution in [2.24, 2.45) is 5.92 Å². The van der Waals surface area contributed by atoms with Crippen molar-refractivity contribution >= 4 is 17.7 Å². The Labute approximate surface area is 160 Å². The molecule has 0 aromatic carbocycles. The molecule has 0 bridgehead atoms. The van der Waals surface area contributed by atoms with E-state index < -0.39 is 0 Å². The third-order valence-electron chi connectivity index (χ3n) is 6.04. The number of hydrogen-bond donors (Lipinski definition) is 0. The lowest BCUT2D eigenvalue weighted by Gasteiger charge is -2.49. The van der Waals surface area contributed by atoms with Gasteiger partial charge in [0.1, 0.15) is 0 Å². The highest BCUT2D eigenvalue weighted by atomic mass is 32.2. The van der Waals surface area contributed by atoms with Crippen LogP contribution >= 0.6 is 11.8 Å². The van der Waals surface area contributed by atoms with E-state index in [1.807, 2.05) is 24.0 Å². The molecule has 0 unspecified atom stereocenters. The number of carbonyl (C=O) groups excluding carboxylic acids is 1. The predicted molar refractivity (Wildman–Crippen MR) is 104 cm³/mol. The molecule has 0 aliphatic carbocycles. The molecular formula is C20H29N3O2S. The molecule has 4 heterocycles. The number of nitrogens with zero attached hydrogens (tertiary/aromatic N) is 3. The van der Waals surface area contributed by atoms with Crippen molar-refractivity contribution in [3.8, 4) is 0 Å². The lowest BCUT2D eigenvalue weighted by atomic mass is 9.88. The molecule has 6 heteroatoms. The first kappa shape index (κ1) is 18.3. The maximum absolute atomic E-state index is 12.8. The minimum absolute atomic E-state index is 0.249. The van der Waals surface area contributed by atoms with Gasteiger partial charge in [-0.15, -0.1) is 11.8 Å². The summed E-state index contributed by atoms with van der Waals surface area (Å²) in [5, 5.41) is 0. The van der Waals surface area contributed by atoms with Gasteiger partial charge in [0.15, 0.2) is 0 Å². The number of pyridine rings is 1. The SMILES string of the molecule is CCN1CCC(C(=O)N2CC3(C[C@H](OCc4cccnc4)CS3)C2)CC1. The van der Waals surface area contributed by atoms with Gasteiger partial charge in [-0.05, 0) is 50.5 Å². The maximum atomic E-state index is 12.8. The number of hydrogen-bond acceptors (Lipinski definition) is 5. The molecule has 5 nitrogen and oxygen atoms in total. The standard InChI is InChI=1S/C20H29N3O2S/c1-2-22-8-5-17(6-9-22)19(24)23-14-20(15-23)10-18(13-26-20)25-12-16-4-3-7-21-11-16/h3-4,7,11,17-18H,2,5-6,8-10,12-15H2,1H3/t18-/m0/s1. The van der Waals surface area contributed by atoms with E-state index in [2.05, 4.69) is 27.8 Å². The van der Waals surface area contributed by atoms with Crippen molar-refractivity contribution in [1.29, 1.82) is 0 Å². The van der Waals surface area contributed by atoms with Crippen molar-refractivity contribution in [2.75, 3.05) is 38.5 Å². The molecule has 0 saturated carbocycles. The van der Waals surface area contributed by atoms with Gasteiger partial charge in [-0.25, -0.2) is 0 Å². The van der Waals surface area contributed by atoms with Gasteiger partial charge in [0, 0.05) is 37.2 Å². The summed E-state index contributed by atoms with van der Waals surface area (Å²) in [6.07, 6.45) is 7.07. The summed E-state index contributed by atoms with van der Waals surface area (Å²) in [6, 6.07) is 4.00. The van der Waals surface area contributed by atoms with Crippen LogP contribution in [0.5, 0.6) is 0 Å². The van der Waals surface area contributed by atoms with Crippen molar-refractivity contribution in [1.82, 2.24) is 14.8 Å². The number of amides is 1. The summed E-state index contributed by atoms with van der Waals surface area (Å²) in [5.74, 6) is 1.68. The van der Waals surface area contributed by atoms with Crippen LogP contribution in [-0.2, 0) is 16.1 Å². The van der Waals surface area contributed by atoms with Crippen LogP contribution in [0.25, 0.3) is 0 Å². The summed E-state index contributed by atoms with van der Waals surface area (Å²) in [5.41, 5.74) is 1.13. The predicted octanol–water partition coefficient (Wildman–Crippen LogP) is 2.42. The zero-order valence-electron chi connectivity index (χ0n) is 15.6. The number of thioether (sulfide) groups is 1. The van der Waals surface area contributed by atoms with E-state index in [1.165, 1.54) is 0 Å². The third-order valence-corrected chi connectivity index (χ3v) is 7.61. The van der Waals surface area contributed by atoms with Crippen LogP contribution in [0.4, 0.5) is 0 Å². The van der Waals surface area contributed by atoms with Crippen LogP contribution in [-0.4, -0.2) is 70.0 Å². The molecule has 3 aliphatic heterocycles. The summed E-state index contributed by atoms with van der Waals surface area (Å²) in [4.78, 5) is 21.4. The highest BCUT2D eigenvalue weighted by Crippen LogP contribution is 2.46. The molecule has 1 aromatic heterocycles. The zero-order chi connectivity index (χ0) is 18.0. The van der Waals surface area contributed by atoms with E-state index >= 15 is 0 Å². The number of likely N-dealkylation sites (tertiary alicyclic amines) is 2.